The molecule has 1 fully saturated rings. The number of carbonyl (C=O) groups is 1. The zero-order chi connectivity index (χ0) is 23.8. The van der Waals surface area contributed by atoms with E-state index in [1.165, 1.54) is 12.1 Å². The molecule has 0 saturated carbocycles. The zero-order valence-electron chi connectivity index (χ0n) is 18.5. The Morgan fingerprint density at radius 3 is 2.24 bits per heavy atom. The first-order valence-corrected chi connectivity index (χ1v) is 10.9. The molecule has 1 heterocycles. The Morgan fingerprint density at radius 2 is 1.67 bits per heavy atom. The predicted octanol–water partition coefficient (Wildman–Crippen LogP) is 3.80. The average molecular weight is 467 g/mol. The van der Waals surface area contributed by atoms with E-state index in [0.717, 1.165) is 38.1 Å². The lowest BCUT2D eigenvalue weighted by Gasteiger charge is -2.29. The molecule has 33 heavy (non-hydrogen) atoms. The number of carbonyl (C=O) groups excluding carboxylic acids is 1. The smallest absolute Gasteiger partial charge is 0.416 e. The van der Waals surface area contributed by atoms with Crippen LogP contribution in [0.5, 0.6) is 11.5 Å². The fraction of sp³-hybridized carbons (Fsp3) is 0.458. The first kappa shape index (κ1) is 24.9. The summed E-state index contributed by atoms with van der Waals surface area (Å²) in [7, 11) is 1.57. The molecule has 2 atom stereocenters. The topological polar surface area (TPSA) is 71.0 Å². The van der Waals surface area contributed by atoms with Crippen LogP contribution in [0.4, 0.5) is 13.2 Å². The first-order chi connectivity index (χ1) is 15.8. The van der Waals surface area contributed by atoms with E-state index in [4.69, 9.17) is 9.47 Å². The fourth-order valence-electron chi connectivity index (χ4n) is 3.78. The number of aliphatic hydroxyl groups excluding tert-OH is 1. The minimum atomic E-state index is -4.45. The van der Waals surface area contributed by atoms with E-state index in [1.54, 1.807) is 31.4 Å². The number of methoxy groups -OCH3 is 1. The second-order valence-corrected chi connectivity index (χ2v) is 8.02. The zero-order valence-corrected chi connectivity index (χ0v) is 18.5. The molecule has 6 nitrogen and oxygen atoms in total. The third-order valence-electron chi connectivity index (χ3n) is 5.62. The summed E-state index contributed by atoms with van der Waals surface area (Å²) < 4.78 is 49.2. The van der Waals surface area contributed by atoms with Crippen LogP contribution in [0, 0.1) is 0 Å². The monoisotopic (exact) mass is 466 g/mol. The maximum atomic E-state index is 12.9. The van der Waals surface area contributed by atoms with E-state index in [2.05, 4.69) is 10.2 Å². The van der Waals surface area contributed by atoms with E-state index < -0.39 is 23.9 Å². The van der Waals surface area contributed by atoms with Crippen molar-refractivity contribution in [1.82, 2.24) is 10.2 Å². The Balaban J connectivity index is 1.59. The molecule has 180 valence electrons. The number of benzene rings is 2. The summed E-state index contributed by atoms with van der Waals surface area (Å²) >= 11 is 0. The highest BCUT2D eigenvalue weighted by molar-refractivity contribution is 5.76. The molecule has 1 aliphatic heterocycles. The highest BCUT2D eigenvalue weighted by Gasteiger charge is 2.31. The van der Waals surface area contributed by atoms with Gasteiger partial charge in [0.2, 0.25) is 5.91 Å². The molecule has 0 unspecified atom stereocenters. The standard InChI is InChI=1S/C24H29F3N2O4/c1-32-19-8-10-20(11-9-19)33-15-12-22(30)28-21(16-29-13-2-3-14-29)23(31)17-4-6-18(7-5-17)24(25,26)27/h4-11,21,23,31H,2-3,12-16H2,1H3,(H,28,30)/t21-,23-/m1/s1. The number of likely N-dealkylation sites (tertiary alicyclic amines) is 1. The van der Waals surface area contributed by atoms with E-state index >= 15 is 0 Å². The van der Waals surface area contributed by atoms with Gasteiger partial charge in [-0.3, -0.25) is 4.79 Å². The van der Waals surface area contributed by atoms with Crippen LogP contribution < -0.4 is 14.8 Å². The molecule has 2 aromatic rings. The number of alkyl halides is 3. The highest BCUT2D eigenvalue weighted by atomic mass is 19.4. The van der Waals surface area contributed by atoms with Gasteiger partial charge in [-0.25, -0.2) is 0 Å². The molecule has 2 aromatic carbocycles. The van der Waals surface area contributed by atoms with Gasteiger partial charge in [-0.1, -0.05) is 12.1 Å². The molecule has 1 amide bonds. The Labute approximate surface area is 191 Å². The van der Waals surface area contributed by atoms with Crippen molar-refractivity contribution in [2.24, 2.45) is 0 Å². The maximum absolute atomic E-state index is 12.9. The lowest BCUT2D eigenvalue weighted by atomic mass is 10.00. The fourth-order valence-corrected chi connectivity index (χ4v) is 3.78. The number of nitrogens with zero attached hydrogens (tertiary/aromatic N) is 1. The SMILES string of the molecule is COc1ccc(OCCC(=O)N[C@H](CN2CCCC2)[C@H](O)c2ccc(C(F)(F)F)cc2)cc1. The first-order valence-electron chi connectivity index (χ1n) is 10.9. The normalized spacial score (nSPS) is 16.3. The maximum Gasteiger partial charge on any atom is 0.416 e. The molecule has 0 radical (unpaired) electrons. The average Bonchev–Trinajstić information content (AvgIpc) is 3.31. The number of aliphatic hydroxyl groups is 1. The number of ether oxygens (including phenoxy) is 2. The Morgan fingerprint density at radius 1 is 1.06 bits per heavy atom. The van der Waals surface area contributed by atoms with Crippen LogP contribution in [0.15, 0.2) is 48.5 Å². The van der Waals surface area contributed by atoms with Crippen molar-refractivity contribution in [3.8, 4) is 11.5 Å². The van der Waals surface area contributed by atoms with Crippen molar-refractivity contribution in [3.63, 3.8) is 0 Å². The van der Waals surface area contributed by atoms with Gasteiger partial charge in [0.25, 0.3) is 0 Å². The second kappa shape index (κ2) is 11.4. The van der Waals surface area contributed by atoms with Gasteiger partial charge in [-0.05, 0) is 67.9 Å². The molecule has 0 aliphatic carbocycles. The highest BCUT2D eigenvalue weighted by Crippen LogP contribution is 2.30. The van der Waals surface area contributed by atoms with Crippen LogP contribution in [0.1, 0.15) is 36.5 Å². The summed E-state index contributed by atoms with van der Waals surface area (Å²) in [4.78, 5) is 14.7. The number of amides is 1. The lowest BCUT2D eigenvalue weighted by Crippen LogP contribution is -2.47. The van der Waals surface area contributed by atoms with Gasteiger partial charge in [0.15, 0.2) is 0 Å². The van der Waals surface area contributed by atoms with Crippen LogP contribution in [0.2, 0.25) is 0 Å². The van der Waals surface area contributed by atoms with E-state index in [0.29, 0.717) is 23.6 Å². The Hall–Kier alpha value is -2.78. The van der Waals surface area contributed by atoms with Crippen molar-refractivity contribution >= 4 is 5.91 Å². The summed E-state index contributed by atoms with van der Waals surface area (Å²) in [6, 6.07) is 10.7. The van der Waals surface area contributed by atoms with Crippen LogP contribution >= 0.6 is 0 Å². The Bertz CT molecular complexity index is 882. The van der Waals surface area contributed by atoms with Gasteiger partial charge in [-0.2, -0.15) is 13.2 Å². The van der Waals surface area contributed by atoms with Gasteiger partial charge < -0.3 is 24.8 Å². The minimum Gasteiger partial charge on any atom is -0.497 e. The molecule has 1 saturated heterocycles. The number of hydrogen-bond acceptors (Lipinski definition) is 5. The van der Waals surface area contributed by atoms with Crippen molar-refractivity contribution in [1.29, 1.82) is 0 Å². The molecular weight excluding hydrogens is 437 g/mol. The van der Waals surface area contributed by atoms with Crippen LogP contribution in [-0.2, 0) is 11.0 Å². The molecule has 0 aromatic heterocycles. The van der Waals surface area contributed by atoms with E-state index in [-0.39, 0.29) is 18.9 Å². The lowest BCUT2D eigenvalue weighted by molar-refractivity contribution is -0.137. The van der Waals surface area contributed by atoms with Gasteiger partial charge in [0.1, 0.15) is 17.6 Å². The summed E-state index contributed by atoms with van der Waals surface area (Å²) in [5.41, 5.74) is -0.462. The van der Waals surface area contributed by atoms with Gasteiger partial charge in [0.05, 0.1) is 31.7 Å². The quantitative estimate of drug-likeness (QED) is 0.558. The van der Waals surface area contributed by atoms with Crippen molar-refractivity contribution in [2.45, 2.75) is 37.6 Å². The van der Waals surface area contributed by atoms with Crippen molar-refractivity contribution in [3.05, 3.63) is 59.7 Å². The van der Waals surface area contributed by atoms with Crippen molar-refractivity contribution in [2.75, 3.05) is 33.4 Å². The Kier molecular flexibility index (Phi) is 8.57. The molecule has 1 aliphatic rings. The third kappa shape index (κ3) is 7.36. The summed E-state index contributed by atoms with van der Waals surface area (Å²) in [5.74, 6) is 0.989. The number of rotatable bonds is 10. The predicted molar refractivity (Wildman–Crippen MR) is 117 cm³/mol. The largest absolute Gasteiger partial charge is 0.497 e. The van der Waals surface area contributed by atoms with Gasteiger partial charge in [-0.15, -0.1) is 0 Å². The van der Waals surface area contributed by atoms with E-state index in [9.17, 15) is 23.1 Å². The summed E-state index contributed by atoms with van der Waals surface area (Å²) in [6.07, 6.45) is -3.45. The number of hydrogen-bond donors (Lipinski definition) is 2. The molecule has 3 rings (SSSR count). The molecule has 9 heteroatoms. The summed E-state index contributed by atoms with van der Waals surface area (Å²) in [6.45, 7) is 2.26. The van der Waals surface area contributed by atoms with Gasteiger partial charge in [0, 0.05) is 6.54 Å². The third-order valence-corrected chi connectivity index (χ3v) is 5.62. The van der Waals surface area contributed by atoms with Crippen LogP contribution in [0.3, 0.4) is 0 Å². The molecule has 2 N–H and O–H groups in total. The minimum absolute atomic E-state index is 0.0717. The number of nitrogens with one attached hydrogen (secondary N) is 1. The molecule has 0 spiro atoms. The van der Waals surface area contributed by atoms with Gasteiger partial charge >= 0.3 is 6.18 Å². The number of halogens is 3. The van der Waals surface area contributed by atoms with E-state index in [1.807, 2.05) is 0 Å². The van der Waals surface area contributed by atoms with Crippen molar-refractivity contribution < 1.29 is 32.5 Å². The molecular formula is C24H29F3N2O4. The van der Waals surface area contributed by atoms with Crippen LogP contribution in [-0.4, -0.2) is 55.3 Å². The van der Waals surface area contributed by atoms with Crippen LogP contribution in [0.25, 0.3) is 0 Å². The second-order valence-electron chi connectivity index (χ2n) is 8.02. The molecule has 0 bridgehead atoms. The summed E-state index contributed by atoms with van der Waals surface area (Å²) in [5, 5.41) is 13.7.